The summed E-state index contributed by atoms with van der Waals surface area (Å²) < 4.78 is 65.1. The molecule has 1 saturated heterocycles. The lowest BCUT2D eigenvalue weighted by Crippen LogP contribution is -2.52. The van der Waals surface area contributed by atoms with Crippen molar-refractivity contribution in [3.05, 3.63) is 51.5 Å². The van der Waals surface area contributed by atoms with Crippen LogP contribution < -0.4 is 15.9 Å². The minimum Gasteiger partial charge on any atom is -0.424 e. The van der Waals surface area contributed by atoms with E-state index < -0.39 is 49.5 Å². The van der Waals surface area contributed by atoms with E-state index in [0.29, 0.717) is 15.9 Å². The average molecular weight is 514 g/mol. The van der Waals surface area contributed by atoms with Crippen LogP contribution in [0.25, 0.3) is 0 Å². The number of benzene rings is 1. The molecule has 0 radical (unpaired) electrons. The molecule has 0 aliphatic carbocycles. The minimum absolute atomic E-state index is 0.0118. The molecule has 0 saturated carbocycles. The van der Waals surface area contributed by atoms with Crippen molar-refractivity contribution in [3.63, 3.8) is 0 Å². The van der Waals surface area contributed by atoms with Crippen LogP contribution in [0.2, 0.25) is 5.02 Å². The molecule has 3 N–H and O–H groups in total. The smallest absolute Gasteiger partial charge is 0.381 e. The molecule has 4 rings (SSSR count). The zero-order valence-corrected chi connectivity index (χ0v) is 18.4. The number of alkyl halides is 3. The number of anilines is 1. The molecule has 0 spiro atoms. The van der Waals surface area contributed by atoms with E-state index in [-0.39, 0.29) is 17.4 Å². The third-order valence-corrected chi connectivity index (χ3v) is 7.46. The van der Waals surface area contributed by atoms with Crippen molar-refractivity contribution in [2.75, 3.05) is 12.3 Å². The predicted octanol–water partition coefficient (Wildman–Crippen LogP) is 2.56. The second-order valence-electron chi connectivity index (χ2n) is 7.01. The van der Waals surface area contributed by atoms with Crippen molar-refractivity contribution >= 4 is 35.9 Å². The van der Waals surface area contributed by atoms with Gasteiger partial charge in [0.25, 0.3) is 6.43 Å². The summed E-state index contributed by atoms with van der Waals surface area (Å²) in [6.45, 7) is -4.64. The van der Waals surface area contributed by atoms with Gasteiger partial charge in [-0.3, -0.25) is 13.6 Å². The third-order valence-electron chi connectivity index (χ3n) is 5.00. The highest BCUT2D eigenvalue weighted by molar-refractivity contribution is 8.07. The molecular weight excluding hydrogens is 498 g/mol. The maximum Gasteiger partial charge on any atom is 0.381 e. The summed E-state index contributed by atoms with van der Waals surface area (Å²) in [4.78, 5) is 15.5. The van der Waals surface area contributed by atoms with Crippen LogP contribution in [0.1, 0.15) is 11.8 Å². The number of aromatic nitrogens is 2. The Morgan fingerprint density at radius 1 is 1.47 bits per heavy atom. The fourth-order valence-corrected chi connectivity index (χ4v) is 5.21. The van der Waals surface area contributed by atoms with Crippen LogP contribution in [0.4, 0.5) is 19.0 Å². The van der Waals surface area contributed by atoms with Crippen molar-refractivity contribution < 1.29 is 36.6 Å². The number of fused-ring (bicyclic) bond motifs is 1. The number of ether oxygens (including phenoxy) is 1. The number of halogens is 4. The van der Waals surface area contributed by atoms with Crippen molar-refractivity contribution in [1.82, 2.24) is 9.55 Å². The first-order chi connectivity index (χ1) is 15.1. The maximum absolute atomic E-state index is 14.9. The largest absolute Gasteiger partial charge is 0.424 e. The Labute approximate surface area is 189 Å². The number of para-hydroxylation sites is 1. The molecule has 1 unspecified atom stereocenters. The summed E-state index contributed by atoms with van der Waals surface area (Å²) in [5, 5.41) is 10.1. The van der Waals surface area contributed by atoms with E-state index >= 15 is 0 Å². The van der Waals surface area contributed by atoms with Gasteiger partial charge in [0.2, 0.25) is 0 Å². The number of aliphatic hydroxyl groups excluding tert-OH is 1. The highest BCUT2D eigenvalue weighted by Crippen LogP contribution is 2.56. The molecule has 1 aromatic carbocycles. The van der Waals surface area contributed by atoms with Crippen LogP contribution in [0.3, 0.4) is 0 Å². The van der Waals surface area contributed by atoms with Gasteiger partial charge in [0.15, 0.2) is 18.0 Å². The zero-order valence-electron chi connectivity index (χ0n) is 15.9. The summed E-state index contributed by atoms with van der Waals surface area (Å²) in [5.74, 6) is 0.0199. The predicted molar refractivity (Wildman–Crippen MR) is 110 cm³/mol. The molecule has 32 heavy (non-hydrogen) atoms. The van der Waals surface area contributed by atoms with Crippen LogP contribution in [0, 0.1) is 0 Å². The fraction of sp³-hybridized carbons (Fsp3) is 0.412. The van der Waals surface area contributed by atoms with Gasteiger partial charge in [-0.1, -0.05) is 29.8 Å². The summed E-state index contributed by atoms with van der Waals surface area (Å²) in [6, 6.07) is 6.75. The van der Waals surface area contributed by atoms with E-state index in [4.69, 9.17) is 47.4 Å². The fourth-order valence-electron chi connectivity index (χ4n) is 3.25. The quantitative estimate of drug-likeness (QED) is 0.581. The van der Waals surface area contributed by atoms with Crippen LogP contribution >= 0.6 is 18.3 Å². The van der Waals surface area contributed by atoms with Crippen molar-refractivity contribution in [1.29, 1.82) is 0 Å². The normalized spacial score (nSPS) is 32.0. The molecule has 2 aliphatic heterocycles. The lowest BCUT2D eigenvalue weighted by Gasteiger charge is -2.34. The first-order valence-corrected chi connectivity index (χ1v) is 12.0. The van der Waals surface area contributed by atoms with Gasteiger partial charge in [-0.25, -0.2) is 18.0 Å². The van der Waals surface area contributed by atoms with Crippen molar-refractivity contribution in [3.8, 4) is 5.75 Å². The highest BCUT2D eigenvalue weighted by atomic mass is 35.5. The number of aliphatic hydroxyl groups is 1. The second kappa shape index (κ2) is 8.56. The molecular formula is C17H16ClF3N3O6PS. The summed E-state index contributed by atoms with van der Waals surface area (Å²) in [6.07, 6.45) is -9.39. The van der Waals surface area contributed by atoms with E-state index in [1.165, 1.54) is 0 Å². The van der Waals surface area contributed by atoms with E-state index in [1.807, 2.05) is 0 Å². The van der Waals surface area contributed by atoms with Gasteiger partial charge in [-0.05, 0) is 6.07 Å². The molecule has 1 fully saturated rings. The zero-order chi connectivity index (χ0) is 23.3. The number of rotatable bonds is 5. The van der Waals surface area contributed by atoms with Crippen molar-refractivity contribution in [2.45, 2.75) is 37.1 Å². The maximum atomic E-state index is 14.9. The van der Waals surface area contributed by atoms with Crippen LogP contribution in [0.15, 0.2) is 35.3 Å². The van der Waals surface area contributed by atoms with E-state index in [9.17, 15) is 23.1 Å². The monoisotopic (exact) mass is 513 g/mol. The number of hydrogen-bond acceptors (Lipinski definition) is 9. The van der Waals surface area contributed by atoms with Crippen LogP contribution in [0.5, 0.6) is 5.75 Å². The second-order valence-corrected chi connectivity index (χ2v) is 10.4. The number of nitrogens with zero attached hydrogens (tertiary/aromatic N) is 2. The number of hydrogen-bond donors (Lipinski definition) is 2. The van der Waals surface area contributed by atoms with Gasteiger partial charge < -0.3 is 20.1 Å². The molecule has 15 heteroatoms. The van der Waals surface area contributed by atoms with Gasteiger partial charge in [0, 0.05) is 23.6 Å². The van der Waals surface area contributed by atoms with Gasteiger partial charge in [-0.15, -0.1) is 0 Å². The van der Waals surface area contributed by atoms with Gasteiger partial charge >= 0.3 is 12.4 Å². The molecule has 174 valence electrons. The minimum atomic E-state index is -3.57. The Morgan fingerprint density at radius 2 is 2.19 bits per heavy atom. The van der Waals surface area contributed by atoms with Crippen molar-refractivity contribution in [2.24, 2.45) is 0 Å². The lowest BCUT2D eigenvalue weighted by atomic mass is 9.97. The number of nitrogens with two attached hydrogens (primary N) is 1. The molecule has 3 heterocycles. The Bertz CT molecular complexity index is 1140. The summed E-state index contributed by atoms with van der Waals surface area (Å²) in [7, 11) is 0. The molecule has 5 atom stereocenters. The topological polar surface area (TPSA) is 118 Å². The van der Waals surface area contributed by atoms with Crippen LogP contribution in [-0.4, -0.2) is 45.6 Å². The molecule has 9 nitrogen and oxygen atoms in total. The SMILES string of the molecule is Nc1nc(=O)n([C@@H]2O[C@@](COP3(=S)OCc4ccccc4O3)(C(F)F)[C@@H](O)[C@@H]2F)cc1Cl. The summed E-state index contributed by atoms with van der Waals surface area (Å²) in [5.41, 5.74) is 2.10. The summed E-state index contributed by atoms with van der Waals surface area (Å²) >= 11 is 11.0. The molecule has 0 amide bonds. The molecule has 2 aliphatic rings. The van der Waals surface area contributed by atoms with E-state index in [1.54, 1.807) is 24.3 Å². The third kappa shape index (κ3) is 4.03. The van der Waals surface area contributed by atoms with Gasteiger partial charge in [0.1, 0.15) is 17.7 Å². The average Bonchev–Trinajstić information content (AvgIpc) is 3.01. The highest BCUT2D eigenvalue weighted by Gasteiger charge is 2.62. The Hall–Kier alpha value is -1.73. The van der Waals surface area contributed by atoms with E-state index in [0.717, 1.165) is 6.20 Å². The standard InChI is InChI=1S/C17H16ClF3N3O6PS/c18-9-5-24(16(26)23-13(9)22)14-11(19)12(25)17(29-14,15(20)21)7-28-31(32)27-6-8-3-1-2-4-10(8)30-31/h1-5,11-12,14-15,25H,6-7H2,(H2,22,23,26)/t11-,12-,14+,17+,31?/m0/s1. The Balaban J connectivity index is 1.59. The first-order valence-electron chi connectivity index (χ1n) is 9.05. The number of nitrogen functional groups attached to an aromatic ring is 1. The van der Waals surface area contributed by atoms with Crippen LogP contribution in [-0.2, 0) is 32.2 Å². The molecule has 0 bridgehead atoms. The Morgan fingerprint density at radius 3 is 2.91 bits per heavy atom. The van der Waals surface area contributed by atoms with E-state index in [2.05, 4.69) is 4.98 Å². The van der Waals surface area contributed by atoms with Gasteiger partial charge in [-0.2, -0.15) is 4.98 Å². The first kappa shape index (κ1) is 23.4. The lowest BCUT2D eigenvalue weighted by molar-refractivity contribution is -0.193. The Kier molecular flexibility index (Phi) is 6.27. The molecule has 1 aromatic heterocycles. The van der Waals surface area contributed by atoms with Gasteiger partial charge in [0.05, 0.1) is 18.2 Å². The molecule has 2 aromatic rings.